The summed E-state index contributed by atoms with van der Waals surface area (Å²) in [6, 6.07) is 3.49. The maximum absolute atomic E-state index is 12.5. The minimum Gasteiger partial charge on any atom is -0.487 e. The van der Waals surface area contributed by atoms with E-state index in [1.165, 1.54) is 0 Å². The molecule has 2 fully saturated rings. The summed E-state index contributed by atoms with van der Waals surface area (Å²) in [4.78, 5) is 30.6. The van der Waals surface area contributed by atoms with Gasteiger partial charge in [0.05, 0.1) is 12.7 Å². The number of ether oxygens (including phenoxy) is 1. The minimum atomic E-state index is -0.438. The largest absolute Gasteiger partial charge is 0.487 e. The smallest absolute Gasteiger partial charge is 0.243 e. The molecular formula is C17H23N3O3. The van der Waals surface area contributed by atoms with Crippen molar-refractivity contribution in [3.63, 3.8) is 0 Å². The van der Waals surface area contributed by atoms with E-state index in [1.807, 2.05) is 19.9 Å². The lowest BCUT2D eigenvalue weighted by molar-refractivity contribution is -0.140. The van der Waals surface area contributed by atoms with Crippen molar-refractivity contribution in [2.75, 3.05) is 6.54 Å². The monoisotopic (exact) mass is 317 g/mol. The van der Waals surface area contributed by atoms with E-state index in [1.54, 1.807) is 23.4 Å². The van der Waals surface area contributed by atoms with Crippen LogP contribution >= 0.6 is 0 Å². The van der Waals surface area contributed by atoms with Gasteiger partial charge in [-0.2, -0.15) is 0 Å². The highest BCUT2D eigenvalue weighted by Gasteiger charge is 2.42. The molecule has 2 aliphatic rings. The van der Waals surface area contributed by atoms with E-state index < -0.39 is 6.04 Å². The van der Waals surface area contributed by atoms with Crippen LogP contribution in [-0.2, 0) is 9.59 Å². The lowest BCUT2D eigenvalue weighted by Crippen LogP contribution is -2.47. The van der Waals surface area contributed by atoms with Gasteiger partial charge >= 0.3 is 0 Å². The third kappa shape index (κ3) is 3.81. The van der Waals surface area contributed by atoms with Gasteiger partial charge in [-0.05, 0) is 25.0 Å². The topological polar surface area (TPSA) is 71.5 Å². The van der Waals surface area contributed by atoms with Gasteiger partial charge in [-0.1, -0.05) is 13.8 Å². The van der Waals surface area contributed by atoms with Crippen LogP contribution in [0.1, 0.15) is 33.1 Å². The number of rotatable bonds is 5. The molecule has 0 spiro atoms. The standard InChI is InChI=1S/C17H23N3O3/c1-11(2)17(22)20-10-14(23-13-4-3-7-18-9-13)8-15(20)16(21)19-12-5-6-12/h3-4,7,9,11-12,14-15H,5-6,8,10H2,1-2H3,(H,19,21)/t14-,15-/m0/s1. The average Bonchev–Trinajstić information content (AvgIpc) is 3.24. The average molecular weight is 317 g/mol. The summed E-state index contributed by atoms with van der Waals surface area (Å²) in [5.74, 6) is 0.470. The molecule has 1 aromatic heterocycles. The zero-order valence-corrected chi connectivity index (χ0v) is 13.6. The molecule has 1 saturated carbocycles. The van der Waals surface area contributed by atoms with Gasteiger partial charge < -0.3 is 15.0 Å². The second-order valence-corrected chi connectivity index (χ2v) is 6.61. The van der Waals surface area contributed by atoms with Crippen molar-refractivity contribution in [1.82, 2.24) is 15.2 Å². The summed E-state index contributed by atoms with van der Waals surface area (Å²) in [5, 5.41) is 3.00. The Balaban J connectivity index is 1.69. The highest BCUT2D eigenvalue weighted by molar-refractivity contribution is 5.89. The van der Waals surface area contributed by atoms with E-state index in [0.717, 1.165) is 12.8 Å². The van der Waals surface area contributed by atoms with Gasteiger partial charge in [-0.15, -0.1) is 0 Å². The van der Waals surface area contributed by atoms with E-state index in [-0.39, 0.29) is 29.9 Å². The molecule has 1 aliphatic heterocycles. The van der Waals surface area contributed by atoms with E-state index in [9.17, 15) is 9.59 Å². The number of hydrogen-bond acceptors (Lipinski definition) is 4. The number of nitrogens with one attached hydrogen (secondary N) is 1. The van der Waals surface area contributed by atoms with Gasteiger partial charge in [-0.3, -0.25) is 14.6 Å². The Morgan fingerprint density at radius 2 is 2.17 bits per heavy atom. The van der Waals surface area contributed by atoms with Gasteiger partial charge in [0.2, 0.25) is 11.8 Å². The lowest BCUT2D eigenvalue weighted by Gasteiger charge is -2.25. The Bertz CT molecular complexity index is 572. The predicted octanol–water partition coefficient (Wildman–Crippen LogP) is 1.36. The fraction of sp³-hybridized carbons (Fsp3) is 0.588. The first-order chi connectivity index (χ1) is 11.0. The van der Waals surface area contributed by atoms with E-state index in [2.05, 4.69) is 10.3 Å². The first-order valence-electron chi connectivity index (χ1n) is 8.22. The zero-order chi connectivity index (χ0) is 16.4. The summed E-state index contributed by atoms with van der Waals surface area (Å²) < 4.78 is 5.90. The van der Waals surface area contributed by atoms with Crippen molar-refractivity contribution in [1.29, 1.82) is 0 Å². The molecule has 1 saturated heterocycles. The normalized spacial score (nSPS) is 23.9. The van der Waals surface area contributed by atoms with Crippen LogP contribution in [0.3, 0.4) is 0 Å². The Morgan fingerprint density at radius 3 is 2.78 bits per heavy atom. The minimum absolute atomic E-state index is 0.00164. The number of hydrogen-bond donors (Lipinski definition) is 1. The number of carbonyl (C=O) groups excluding carboxylic acids is 2. The van der Waals surface area contributed by atoms with Crippen LogP contribution in [-0.4, -0.2) is 46.4 Å². The van der Waals surface area contributed by atoms with Crippen molar-refractivity contribution >= 4 is 11.8 Å². The Morgan fingerprint density at radius 1 is 1.39 bits per heavy atom. The number of carbonyl (C=O) groups is 2. The molecule has 6 heteroatoms. The summed E-state index contributed by atoms with van der Waals surface area (Å²) in [7, 11) is 0. The lowest BCUT2D eigenvalue weighted by atomic mass is 10.1. The summed E-state index contributed by atoms with van der Waals surface area (Å²) in [6.45, 7) is 4.15. The summed E-state index contributed by atoms with van der Waals surface area (Å²) in [5.41, 5.74) is 0. The quantitative estimate of drug-likeness (QED) is 0.890. The van der Waals surface area contributed by atoms with E-state index in [0.29, 0.717) is 18.7 Å². The van der Waals surface area contributed by atoms with Crippen molar-refractivity contribution < 1.29 is 14.3 Å². The Labute approximate surface area is 136 Å². The van der Waals surface area contributed by atoms with Gasteiger partial charge in [0, 0.05) is 24.6 Å². The molecule has 2 amide bonds. The predicted molar refractivity (Wildman–Crippen MR) is 84.8 cm³/mol. The van der Waals surface area contributed by atoms with Crippen molar-refractivity contribution in [3.8, 4) is 5.75 Å². The van der Waals surface area contributed by atoms with Crippen molar-refractivity contribution in [2.45, 2.75) is 51.3 Å². The molecule has 1 aliphatic carbocycles. The van der Waals surface area contributed by atoms with Gasteiger partial charge in [0.25, 0.3) is 0 Å². The van der Waals surface area contributed by atoms with Crippen LogP contribution in [0.4, 0.5) is 0 Å². The maximum Gasteiger partial charge on any atom is 0.243 e. The van der Waals surface area contributed by atoms with Crippen LogP contribution in [0.5, 0.6) is 5.75 Å². The van der Waals surface area contributed by atoms with Crippen LogP contribution in [0.2, 0.25) is 0 Å². The molecule has 6 nitrogen and oxygen atoms in total. The number of likely N-dealkylation sites (tertiary alicyclic amines) is 1. The Kier molecular flexibility index (Phi) is 4.50. The number of pyridine rings is 1. The van der Waals surface area contributed by atoms with E-state index in [4.69, 9.17) is 4.74 Å². The highest BCUT2D eigenvalue weighted by atomic mass is 16.5. The highest BCUT2D eigenvalue weighted by Crippen LogP contribution is 2.26. The van der Waals surface area contributed by atoms with Gasteiger partial charge in [0.15, 0.2) is 0 Å². The molecule has 124 valence electrons. The summed E-state index contributed by atoms with van der Waals surface area (Å²) in [6.07, 6.45) is 5.73. The molecule has 0 unspecified atom stereocenters. The molecule has 23 heavy (non-hydrogen) atoms. The molecule has 0 aromatic carbocycles. The molecule has 0 radical (unpaired) electrons. The van der Waals surface area contributed by atoms with E-state index >= 15 is 0 Å². The van der Waals surface area contributed by atoms with Crippen molar-refractivity contribution in [3.05, 3.63) is 24.5 Å². The number of aromatic nitrogens is 1. The van der Waals surface area contributed by atoms with Gasteiger partial charge in [0.1, 0.15) is 17.9 Å². The van der Waals surface area contributed by atoms with Crippen molar-refractivity contribution in [2.24, 2.45) is 5.92 Å². The second-order valence-electron chi connectivity index (χ2n) is 6.61. The molecule has 0 bridgehead atoms. The third-order valence-corrected chi connectivity index (χ3v) is 4.20. The fourth-order valence-corrected chi connectivity index (χ4v) is 2.84. The second kappa shape index (κ2) is 6.56. The first kappa shape index (κ1) is 15.8. The molecule has 1 aromatic rings. The number of nitrogens with zero attached hydrogens (tertiary/aromatic N) is 2. The molecule has 2 atom stereocenters. The van der Waals surface area contributed by atoms with Gasteiger partial charge in [-0.25, -0.2) is 0 Å². The molecule has 1 N–H and O–H groups in total. The van der Waals surface area contributed by atoms with Crippen LogP contribution in [0.25, 0.3) is 0 Å². The van der Waals surface area contributed by atoms with Crippen LogP contribution in [0, 0.1) is 5.92 Å². The fourth-order valence-electron chi connectivity index (χ4n) is 2.84. The van der Waals surface area contributed by atoms with Crippen LogP contribution in [0.15, 0.2) is 24.5 Å². The maximum atomic E-state index is 12.5. The molecule has 2 heterocycles. The zero-order valence-electron chi connectivity index (χ0n) is 13.6. The van der Waals surface area contributed by atoms with Crippen LogP contribution < -0.4 is 10.1 Å². The molecular weight excluding hydrogens is 294 g/mol. The first-order valence-corrected chi connectivity index (χ1v) is 8.22. The summed E-state index contributed by atoms with van der Waals surface area (Å²) >= 11 is 0. The Hall–Kier alpha value is -2.11. The SMILES string of the molecule is CC(C)C(=O)N1C[C@@H](Oc2cccnc2)C[C@H]1C(=O)NC1CC1. The molecule has 3 rings (SSSR count). The third-order valence-electron chi connectivity index (χ3n) is 4.20. The number of amides is 2.